The van der Waals surface area contributed by atoms with E-state index in [1.165, 1.54) is 0 Å². The fraction of sp³-hybridized carbons (Fsp3) is 0.421. The molecule has 132 valence electrons. The van der Waals surface area contributed by atoms with Crippen LogP contribution in [0.1, 0.15) is 23.0 Å². The fourth-order valence-electron chi connectivity index (χ4n) is 3.15. The minimum absolute atomic E-state index is 0.0851. The highest BCUT2D eigenvalue weighted by Crippen LogP contribution is 2.16. The van der Waals surface area contributed by atoms with E-state index in [1.54, 1.807) is 6.92 Å². The van der Waals surface area contributed by atoms with Crippen molar-refractivity contribution in [2.75, 3.05) is 39.3 Å². The molecule has 25 heavy (non-hydrogen) atoms. The number of hydrogen-bond acceptors (Lipinski definition) is 4. The van der Waals surface area contributed by atoms with Gasteiger partial charge < -0.3 is 10.2 Å². The first kappa shape index (κ1) is 17.4. The van der Waals surface area contributed by atoms with Gasteiger partial charge in [-0.3, -0.25) is 19.5 Å². The van der Waals surface area contributed by atoms with Crippen molar-refractivity contribution in [2.45, 2.75) is 13.8 Å². The van der Waals surface area contributed by atoms with Crippen molar-refractivity contribution in [1.29, 1.82) is 0 Å². The van der Waals surface area contributed by atoms with Crippen molar-refractivity contribution in [1.82, 2.24) is 20.1 Å². The smallest absolute Gasteiger partial charge is 0.253 e. The van der Waals surface area contributed by atoms with E-state index < -0.39 is 0 Å². The monoisotopic (exact) mass is 340 g/mol. The highest BCUT2D eigenvalue weighted by atomic mass is 16.2. The molecule has 1 aliphatic heterocycles. The second kappa shape index (κ2) is 7.61. The number of fused-ring (bicyclic) bond motifs is 1. The summed E-state index contributed by atoms with van der Waals surface area (Å²) in [5, 5.41) is 3.96. The molecule has 0 atom stereocenters. The summed E-state index contributed by atoms with van der Waals surface area (Å²) in [4.78, 5) is 32.4. The number of rotatable bonds is 4. The third-order valence-electron chi connectivity index (χ3n) is 4.69. The lowest BCUT2D eigenvalue weighted by atomic mass is 10.1. The van der Waals surface area contributed by atoms with E-state index >= 15 is 0 Å². The molecule has 0 radical (unpaired) electrons. The van der Waals surface area contributed by atoms with Gasteiger partial charge in [-0.05, 0) is 19.1 Å². The highest BCUT2D eigenvalue weighted by molar-refractivity contribution is 5.98. The zero-order valence-corrected chi connectivity index (χ0v) is 14.8. The summed E-state index contributed by atoms with van der Waals surface area (Å²) in [6, 6.07) is 9.71. The van der Waals surface area contributed by atoms with Crippen molar-refractivity contribution < 1.29 is 9.59 Å². The molecule has 0 saturated carbocycles. The molecule has 1 aromatic carbocycles. The van der Waals surface area contributed by atoms with Gasteiger partial charge in [-0.2, -0.15) is 0 Å². The molecule has 0 spiro atoms. The molecule has 0 aliphatic carbocycles. The molecule has 2 heterocycles. The van der Waals surface area contributed by atoms with Crippen LogP contribution in [0, 0.1) is 6.92 Å². The quantitative estimate of drug-likeness (QED) is 0.915. The normalized spacial score (nSPS) is 15.4. The fourth-order valence-corrected chi connectivity index (χ4v) is 3.15. The Morgan fingerprint density at radius 2 is 1.88 bits per heavy atom. The number of aromatic nitrogens is 1. The number of nitrogens with one attached hydrogen (secondary N) is 1. The zero-order valence-electron chi connectivity index (χ0n) is 14.8. The number of carbonyl (C=O) groups excluding carboxylic acids is 2. The van der Waals surface area contributed by atoms with Gasteiger partial charge in [0.2, 0.25) is 5.91 Å². The molecular weight excluding hydrogens is 316 g/mol. The standard InChI is InChI=1S/C19H24N4O2/c1-14-17(13-16-5-3-4-6-18(16)21-14)19(25)20-7-8-22-9-11-23(12-10-22)15(2)24/h3-6,13H,7-12H2,1-2H3,(H,20,25). The van der Waals surface area contributed by atoms with E-state index in [0.29, 0.717) is 12.1 Å². The molecule has 3 rings (SSSR count). The Bertz CT molecular complexity index is 782. The molecule has 1 N–H and O–H groups in total. The Balaban J connectivity index is 1.53. The van der Waals surface area contributed by atoms with Gasteiger partial charge in [0.1, 0.15) is 0 Å². The van der Waals surface area contributed by atoms with Crippen LogP contribution in [-0.4, -0.2) is 65.9 Å². The van der Waals surface area contributed by atoms with Crippen LogP contribution < -0.4 is 5.32 Å². The Morgan fingerprint density at radius 3 is 2.60 bits per heavy atom. The van der Waals surface area contributed by atoms with Crippen molar-refractivity contribution in [3.8, 4) is 0 Å². The largest absolute Gasteiger partial charge is 0.351 e. The maximum Gasteiger partial charge on any atom is 0.253 e. The van der Waals surface area contributed by atoms with Crippen LogP contribution in [0.15, 0.2) is 30.3 Å². The highest BCUT2D eigenvalue weighted by Gasteiger charge is 2.18. The topological polar surface area (TPSA) is 65.5 Å². The first-order valence-corrected chi connectivity index (χ1v) is 8.67. The number of aryl methyl sites for hydroxylation is 1. The maximum atomic E-state index is 12.5. The third kappa shape index (κ3) is 4.14. The lowest BCUT2D eigenvalue weighted by Gasteiger charge is -2.34. The number of piperazine rings is 1. The molecule has 6 heteroatoms. The molecule has 6 nitrogen and oxygen atoms in total. The van der Waals surface area contributed by atoms with E-state index in [9.17, 15) is 9.59 Å². The zero-order chi connectivity index (χ0) is 17.8. The van der Waals surface area contributed by atoms with Gasteiger partial charge in [-0.25, -0.2) is 0 Å². The number of amides is 2. The number of para-hydroxylation sites is 1. The molecule has 1 fully saturated rings. The van der Waals surface area contributed by atoms with Gasteiger partial charge >= 0.3 is 0 Å². The van der Waals surface area contributed by atoms with Crippen LogP contribution in [0.5, 0.6) is 0 Å². The summed E-state index contributed by atoms with van der Waals surface area (Å²) in [6.45, 7) is 8.08. The Kier molecular flexibility index (Phi) is 5.28. The number of pyridine rings is 1. The molecule has 1 saturated heterocycles. The van der Waals surface area contributed by atoms with Gasteiger partial charge in [0.05, 0.1) is 16.8 Å². The van der Waals surface area contributed by atoms with Crippen LogP contribution in [-0.2, 0) is 4.79 Å². The van der Waals surface area contributed by atoms with E-state index in [-0.39, 0.29) is 11.8 Å². The average molecular weight is 340 g/mol. The van der Waals surface area contributed by atoms with Crippen molar-refractivity contribution in [3.63, 3.8) is 0 Å². The Labute approximate surface area is 147 Å². The van der Waals surface area contributed by atoms with E-state index in [4.69, 9.17) is 0 Å². The molecule has 0 unspecified atom stereocenters. The second-order valence-corrected chi connectivity index (χ2v) is 6.42. The SMILES string of the molecule is CC(=O)N1CCN(CCNC(=O)c2cc3ccccc3nc2C)CC1. The van der Waals surface area contributed by atoms with Crippen LogP contribution >= 0.6 is 0 Å². The minimum Gasteiger partial charge on any atom is -0.351 e. The molecule has 1 aromatic heterocycles. The van der Waals surface area contributed by atoms with Crippen LogP contribution in [0.2, 0.25) is 0 Å². The van der Waals surface area contributed by atoms with Gasteiger partial charge in [0, 0.05) is 51.6 Å². The van der Waals surface area contributed by atoms with Crippen molar-refractivity contribution in [2.24, 2.45) is 0 Å². The van der Waals surface area contributed by atoms with Crippen LogP contribution in [0.4, 0.5) is 0 Å². The van der Waals surface area contributed by atoms with E-state index in [2.05, 4.69) is 15.2 Å². The molecular formula is C19H24N4O2. The lowest BCUT2D eigenvalue weighted by molar-refractivity contribution is -0.130. The average Bonchev–Trinajstić information content (AvgIpc) is 2.61. The summed E-state index contributed by atoms with van der Waals surface area (Å²) in [5.74, 6) is 0.0466. The lowest BCUT2D eigenvalue weighted by Crippen LogP contribution is -2.49. The van der Waals surface area contributed by atoms with Gasteiger partial charge in [0.25, 0.3) is 5.91 Å². The summed E-state index contributed by atoms with van der Waals surface area (Å²) >= 11 is 0. The number of benzene rings is 1. The Hall–Kier alpha value is -2.47. The van der Waals surface area contributed by atoms with E-state index in [1.807, 2.05) is 42.2 Å². The molecule has 1 aliphatic rings. The summed E-state index contributed by atoms with van der Waals surface area (Å²) in [6.07, 6.45) is 0. The van der Waals surface area contributed by atoms with Crippen molar-refractivity contribution >= 4 is 22.7 Å². The molecule has 0 bridgehead atoms. The van der Waals surface area contributed by atoms with Gasteiger partial charge in [0.15, 0.2) is 0 Å². The Morgan fingerprint density at radius 1 is 1.16 bits per heavy atom. The number of hydrogen-bond donors (Lipinski definition) is 1. The van der Waals surface area contributed by atoms with Crippen molar-refractivity contribution in [3.05, 3.63) is 41.6 Å². The minimum atomic E-state index is -0.0851. The molecule has 2 amide bonds. The van der Waals surface area contributed by atoms with Crippen LogP contribution in [0.25, 0.3) is 10.9 Å². The summed E-state index contributed by atoms with van der Waals surface area (Å²) < 4.78 is 0. The summed E-state index contributed by atoms with van der Waals surface area (Å²) in [7, 11) is 0. The molecule has 2 aromatic rings. The maximum absolute atomic E-state index is 12.5. The van der Waals surface area contributed by atoms with E-state index in [0.717, 1.165) is 49.3 Å². The number of carbonyl (C=O) groups is 2. The van der Waals surface area contributed by atoms with Gasteiger partial charge in [-0.1, -0.05) is 18.2 Å². The first-order chi connectivity index (χ1) is 12.0. The number of nitrogens with zero attached hydrogens (tertiary/aromatic N) is 3. The summed E-state index contributed by atoms with van der Waals surface area (Å²) in [5.41, 5.74) is 2.27. The first-order valence-electron chi connectivity index (χ1n) is 8.67. The third-order valence-corrected chi connectivity index (χ3v) is 4.69. The van der Waals surface area contributed by atoms with Crippen LogP contribution in [0.3, 0.4) is 0 Å². The predicted molar refractivity (Wildman–Crippen MR) is 97.5 cm³/mol. The predicted octanol–water partition coefficient (Wildman–Crippen LogP) is 1.44. The van der Waals surface area contributed by atoms with Gasteiger partial charge in [-0.15, -0.1) is 0 Å². The second-order valence-electron chi connectivity index (χ2n) is 6.42.